The molecule has 0 atom stereocenters. The second kappa shape index (κ2) is 4.50. The van der Waals surface area contributed by atoms with Crippen LogP contribution in [-0.2, 0) is 9.63 Å². The minimum atomic E-state index is -0.457. The van der Waals surface area contributed by atoms with Crippen molar-refractivity contribution in [3.8, 4) is 6.07 Å². The Bertz CT molecular complexity index is 348. The summed E-state index contributed by atoms with van der Waals surface area (Å²) < 4.78 is 0. The monoisotopic (exact) mass is 236 g/mol. The Morgan fingerprint density at radius 3 is 2.24 bits per heavy atom. The summed E-state index contributed by atoms with van der Waals surface area (Å²) in [6, 6.07) is 2.32. The molecule has 0 unspecified atom stereocenters. The number of nitrogens with zero attached hydrogens (tertiary/aromatic N) is 2. The summed E-state index contributed by atoms with van der Waals surface area (Å²) in [4.78, 5) is 16.7. The number of nitriles is 1. The van der Waals surface area contributed by atoms with Crippen LogP contribution in [-0.4, -0.2) is 22.1 Å². The highest BCUT2D eigenvalue weighted by Gasteiger charge is 2.48. The third-order valence-electron chi connectivity index (χ3n) is 3.12. The van der Waals surface area contributed by atoms with Crippen LogP contribution in [0.3, 0.4) is 0 Å². The van der Waals surface area contributed by atoms with E-state index >= 15 is 0 Å². The molecule has 0 N–H and O–H groups in total. The Labute approximate surface area is 103 Å². The van der Waals surface area contributed by atoms with Gasteiger partial charge >= 0.3 is 5.97 Å². The quantitative estimate of drug-likeness (QED) is 0.691. The van der Waals surface area contributed by atoms with E-state index in [0.29, 0.717) is 12.8 Å². The van der Waals surface area contributed by atoms with Crippen LogP contribution in [0.25, 0.3) is 0 Å². The van der Waals surface area contributed by atoms with Crippen LogP contribution in [0.4, 0.5) is 0 Å². The average molecular weight is 236 g/mol. The molecule has 0 aliphatic carbocycles. The first-order chi connectivity index (χ1) is 7.73. The average Bonchev–Trinajstić information content (AvgIpc) is 2.21. The van der Waals surface area contributed by atoms with Gasteiger partial charge in [-0.05, 0) is 40.5 Å². The van der Waals surface area contributed by atoms with Crippen LogP contribution < -0.4 is 0 Å². The van der Waals surface area contributed by atoms with Gasteiger partial charge in [0.15, 0.2) is 0 Å². The van der Waals surface area contributed by atoms with Gasteiger partial charge in [-0.3, -0.25) is 0 Å². The summed E-state index contributed by atoms with van der Waals surface area (Å²) in [6.45, 7) is 11.3. The van der Waals surface area contributed by atoms with Crippen molar-refractivity contribution in [1.29, 1.82) is 5.26 Å². The van der Waals surface area contributed by atoms with Gasteiger partial charge in [0.05, 0.1) is 23.1 Å². The first-order valence-corrected chi connectivity index (χ1v) is 5.77. The van der Waals surface area contributed by atoms with Gasteiger partial charge in [0, 0.05) is 6.08 Å². The molecule has 0 amide bonds. The lowest BCUT2D eigenvalue weighted by Gasteiger charge is -2.51. The second-order valence-corrected chi connectivity index (χ2v) is 5.77. The lowest BCUT2D eigenvalue weighted by Crippen LogP contribution is -2.60. The highest BCUT2D eigenvalue weighted by molar-refractivity contribution is 5.81. The van der Waals surface area contributed by atoms with Gasteiger partial charge in [-0.25, -0.2) is 4.79 Å². The van der Waals surface area contributed by atoms with Gasteiger partial charge in [-0.15, -0.1) is 5.06 Å². The molecule has 0 aromatic carbocycles. The van der Waals surface area contributed by atoms with E-state index in [-0.39, 0.29) is 17.0 Å². The maximum absolute atomic E-state index is 11.4. The Kier molecular flexibility index (Phi) is 3.63. The zero-order chi connectivity index (χ0) is 13.3. The number of piperidine rings is 1. The molecule has 1 aliphatic rings. The molecular weight excluding hydrogens is 216 g/mol. The fourth-order valence-electron chi connectivity index (χ4n) is 2.73. The van der Waals surface area contributed by atoms with E-state index in [1.807, 2.05) is 27.7 Å². The highest BCUT2D eigenvalue weighted by atomic mass is 16.7. The first kappa shape index (κ1) is 13.7. The van der Waals surface area contributed by atoms with Crippen molar-refractivity contribution in [2.24, 2.45) is 5.92 Å². The third kappa shape index (κ3) is 2.86. The zero-order valence-corrected chi connectivity index (χ0v) is 11.0. The molecule has 0 spiro atoms. The Morgan fingerprint density at radius 1 is 1.41 bits per heavy atom. The van der Waals surface area contributed by atoms with Gasteiger partial charge in [0.2, 0.25) is 0 Å². The maximum atomic E-state index is 11.4. The lowest BCUT2D eigenvalue weighted by molar-refractivity contribution is -0.265. The predicted octanol–water partition coefficient (Wildman–Crippen LogP) is 2.42. The van der Waals surface area contributed by atoms with Crippen molar-refractivity contribution >= 4 is 5.97 Å². The van der Waals surface area contributed by atoms with E-state index in [9.17, 15) is 4.79 Å². The van der Waals surface area contributed by atoms with Gasteiger partial charge in [0.1, 0.15) is 0 Å². The first-order valence-electron chi connectivity index (χ1n) is 5.77. The van der Waals surface area contributed by atoms with Gasteiger partial charge in [-0.1, -0.05) is 6.58 Å². The van der Waals surface area contributed by atoms with Crippen LogP contribution >= 0.6 is 0 Å². The van der Waals surface area contributed by atoms with Crippen molar-refractivity contribution in [2.45, 2.75) is 51.6 Å². The number of hydrogen-bond acceptors (Lipinski definition) is 4. The smallest absolute Gasteiger partial charge is 0.349 e. The fraction of sp³-hybridized carbons (Fsp3) is 0.692. The minimum absolute atomic E-state index is 0.00122. The summed E-state index contributed by atoms with van der Waals surface area (Å²) in [7, 11) is 0. The lowest BCUT2D eigenvalue weighted by atomic mass is 9.76. The Balaban J connectivity index is 2.97. The molecule has 1 heterocycles. The number of hydroxylamine groups is 2. The van der Waals surface area contributed by atoms with Crippen LogP contribution in [0.5, 0.6) is 0 Å². The number of carbonyl (C=O) groups excluding carboxylic acids is 1. The van der Waals surface area contributed by atoms with Gasteiger partial charge in [-0.2, -0.15) is 5.26 Å². The molecule has 17 heavy (non-hydrogen) atoms. The molecule has 1 rings (SSSR count). The minimum Gasteiger partial charge on any atom is -0.363 e. The molecule has 0 radical (unpaired) electrons. The van der Waals surface area contributed by atoms with E-state index in [1.165, 1.54) is 0 Å². The standard InChI is InChI=1S/C13H20N2O2/c1-6-11(16)17-15-12(2,3)7-10(9-14)8-13(15,4)5/h6,10H,1,7-8H2,2-5H3. The normalized spacial score (nSPS) is 23.7. The summed E-state index contributed by atoms with van der Waals surface area (Å²) in [5, 5.41) is 10.8. The molecule has 1 fully saturated rings. The van der Waals surface area contributed by atoms with Crippen molar-refractivity contribution in [1.82, 2.24) is 5.06 Å². The summed E-state index contributed by atoms with van der Waals surface area (Å²) in [5.74, 6) is -0.458. The van der Waals surface area contributed by atoms with E-state index in [4.69, 9.17) is 10.1 Å². The number of hydrogen-bond donors (Lipinski definition) is 0. The number of rotatable bonds is 2. The Hall–Kier alpha value is -1.34. The molecule has 94 valence electrons. The zero-order valence-electron chi connectivity index (χ0n) is 11.0. The largest absolute Gasteiger partial charge is 0.363 e. The van der Waals surface area contributed by atoms with Gasteiger partial charge in [0.25, 0.3) is 0 Å². The summed E-state index contributed by atoms with van der Waals surface area (Å²) in [5.41, 5.74) is -0.693. The van der Waals surface area contributed by atoms with Gasteiger partial charge < -0.3 is 4.84 Å². The van der Waals surface area contributed by atoms with Crippen molar-refractivity contribution in [3.63, 3.8) is 0 Å². The fourth-order valence-corrected chi connectivity index (χ4v) is 2.73. The SMILES string of the molecule is C=CC(=O)ON1C(C)(C)CC(C#N)CC1(C)C. The molecule has 0 aromatic heterocycles. The highest BCUT2D eigenvalue weighted by Crippen LogP contribution is 2.41. The van der Waals surface area contributed by atoms with E-state index in [1.54, 1.807) is 5.06 Å². The maximum Gasteiger partial charge on any atom is 0.349 e. The van der Waals surface area contributed by atoms with E-state index in [2.05, 4.69) is 12.6 Å². The summed E-state index contributed by atoms with van der Waals surface area (Å²) in [6.07, 6.45) is 2.54. The molecule has 1 aliphatic heterocycles. The van der Waals surface area contributed by atoms with Crippen LogP contribution in [0, 0.1) is 17.2 Å². The van der Waals surface area contributed by atoms with Crippen LogP contribution in [0.1, 0.15) is 40.5 Å². The molecular formula is C13H20N2O2. The molecule has 0 aromatic rings. The molecule has 0 bridgehead atoms. The predicted molar refractivity (Wildman–Crippen MR) is 64.6 cm³/mol. The molecule has 0 saturated carbocycles. The van der Waals surface area contributed by atoms with Crippen molar-refractivity contribution < 1.29 is 9.63 Å². The second-order valence-electron chi connectivity index (χ2n) is 5.77. The molecule has 4 heteroatoms. The molecule has 4 nitrogen and oxygen atoms in total. The topological polar surface area (TPSA) is 53.3 Å². The van der Waals surface area contributed by atoms with E-state index in [0.717, 1.165) is 6.08 Å². The number of carbonyl (C=O) groups is 1. The third-order valence-corrected chi connectivity index (χ3v) is 3.12. The molecule has 1 saturated heterocycles. The van der Waals surface area contributed by atoms with Crippen molar-refractivity contribution in [3.05, 3.63) is 12.7 Å². The Morgan fingerprint density at radius 2 is 1.88 bits per heavy atom. The summed E-state index contributed by atoms with van der Waals surface area (Å²) >= 11 is 0. The van der Waals surface area contributed by atoms with Crippen molar-refractivity contribution in [2.75, 3.05) is 0 Å². The van der Waals surface area contributed by atoms with Crippen LogP contribution in [0.15, 0.2) is 12.7 Å². The van der Waals surface area contributed by atoms with E-state index < -0.39 is 5.97 Å². The van der Waals surface area contributed by atoms with Crippen LogP contribution in [0.2, 0.25) is 0 Å².